The van der Waals surface area contributed by atoms with E-state index in [4.69, 9.17) is 16.2 Å². The summed E-state index contributed by atoms with van der Waals surface area (Å²) in [6, 6.07) is 3.14. The van der Waals surface area contributed by atoms with Gasteiger partial charge in [-0.3, -0.25) is 4.79 Å². The van der Waals surface area contributed by atoms with Crippen molar-refractivity contribution in [1.29, 1.82) is 0 Å². The van der Waals surface area contributed by atoms with Crippen LogP contribution in [0, 0.1) is 0 Å². The molecule has 0 radical (unpaired) electrons. The van der Waals surface area contributed by atoms with Crippen LogP contribution in [0.4, 0.5) is 4.79 Å². The Morgan fingerprint density at radius 3 is 2.50 bits per heavy atom. The molecule has 0 saturated carbocycles. The molecular weight excluding hydrogens is 278 g/mol. The number of carbonyl (C=O) groups excluding carboxylic acids is 2. The predicted octanol–water partition coefficient (Wildman–Crippen LogP) is 2.27. The molecule has 0 aliphatic rings. The monoisotopic (exact) mass is 297 g/mol. The summed E-state index contributed by atoms with van der Waals surface area (Å²) >= 11 is 1.09. The number of hydrogen-bond acceptors (Lipinski definition) is 4. The van der Waals surface area contributed by atoms with E-state index in [1.165, 1.54) is 0 Å². The van der Waals surface area contributed by atoms with Gasteiger partial charge in [-0.05, 0) is 18.6 Å². The number of rotatable bonds is 7. The minimum atomic E-state index is -0.715. The van der Waals surface area contributed by atoms with Crippen LogP contribution in [0.2, 0.25) is 0 Å². The molecule has 0 unspecified atom stereocenters. The van der Waals surface area contributed by atoms with E-state index < -0.39 is 12.0 Å². The van der Waals surface area contributed by atoms with Gasteiger partial charge in [0.2, 0.25) is 0 Å². The first kappa shape index (κ1) is 16.2. The van der Waals surface area contributed by atoms with Crippen molar-refractivity contribution in [3.05, 3.63) is 21.9 Å². The highest BCUT2D eigenvalue weighted by Crippen LogP contribution is 2.15. The van der Waals surface area contributed by atoms with Gasteiger partial charge < -0.3 is 16.2 Å². The topological polar surface area (TPSA) is 108 Å². The average Bonchev–Trinajstić information content (AvgIpc) is 2.88. The van der Waals surface area contributed by atoms with Gasteiger partial charge in [-0.15, -0.1) is 11.3 Å². The summed E-state index contributed by atoms with van der Waals surface area (Å²) in [4.78, 5) is 26.9. The molecule has 1 rings (SSSR count). The van der Waals surface area contributed by atoms with Crippen molar-refractivity contribution in [2.24, 2.45) is 16.5 Å². The van der Waals surface area contributed by atoms with Gasteiger partial charge in [0.1, 0.15) is 5.84 Å². The maximum Gasteiger partial charge on any atom is 0.435 e. The average molecular weight is 297 g/mol. The largest absolute Gasteiger partial charge is 0.448 e. The van der Waals surface area contributed by atoms with Crippen LogP contribution in [0.3, 0.4) is 0 Å². The van der Waals surface area contributed by atoms with Gasteiger partial charge in [0, 0.05) is 0 Å². The van der Waals surface area contributed by atoms with Gasteiger partial charge in [-0.25, -0.2) is 4.79 Å². The Morgan fingerprint density at radius 2 is 1.90 bits per heavy atom. The van der Waals surface area contributed by atoms with Crippen LogP contribution in [-0.2, 0) is 4.74 Å². The Hall–Kier alpha value is -1.89. The summed E-state index contributed by atoms with van der Waals surface area (Å²) in [5.74, 6) is -0.506. The maximum atomic E-state index is 11.4. The second-order valence-electron chi connectivity index (χ2n) is 4.20. The third-order valence-electron chi connectivity index (χ3n) is 2.54. The smallest absolute Gasteiger partial charge is 0.435 e. The maximum absolute atomic E-state index is 11.4. The third kappa shape index (κ3) is 5.40. The SMILES string of the molecule is CCCCCCOC(=O)N=C(N)c1ccc(C(N)=O)s1. The van der Waals surface area contributed by atoms with E-state index >= 15 is 0 Å². The van der Waals surface area contributed by atoms with Gasteiger partial charge in [-0.1, -0.05) is 26.2 Å². The molecular formula is C13H19N3O3S. The van der Waals surface area contributed by atoms with E-state index in [-0.39, 0.29) is 5.84 Å². The second-order valence-corrected chi connectivity index (χ2v) is 5.28. The van der Waals surface area contributed by atoms with Gasteiger partial charge in [0.15, 0.2) is 0 Å². The number of carbonyl (C=O) groups is 2. The van der Waals surface area contributed by atoms with E-state index in [2.05, 4.69) is 11.9 Å². The number of aliphatic imine (C=N–C) groups is 1. The minimum absolute atomic E-state index is 0.0288. The molecule has 7 heteroatoms. The molecule has 1 heterocycles. The highest BCUT2D eigenvalue weighted by molar-refractivity contribution is 7.16. The second kappa shape index (κ2) is 8.31. The van der Waals surface area contributed by atoms with Crippen LogP contribution < -0.4 is 11.5 Å². The van der Waals surface area contributed by atoms with Crippen molar-refractivity contribution in [2.45, 2.75) is 32.6 Å². The molecule has 1 aromatic heterocycles. The number of ether oxygens (including phenoxy) is 1. The Balaban J connectivity index is 2.46. The minimum Gasteiger partial charge on any atom is -0.448 e. The zero-order valence-corrected chi connectivity index (χ0v) is 12.2. The molecule has 110 valence electrons. The van der Waals surface area contributed by atoms with E-state index in [1.54, 1.807) is 12.1 Å². The Labute approximate surface area is 121 Å². The summed E-state index contributed by atoms with van der Waals surface area (Å²) < 4.78 is 4.94. The van der Waals surface area contributed by atoms with Crippen LogP contribution in [0.15, 0.2) is 17.1 Å². The zero-order chi connectivity index (χ0) is 15.0. The van der Waals surface area contributed by atoms with Gasteiger partial charge in [-0.2, -0.15) is 4.99 Å². The van der Waals surface area contributed by atoms with Gasteiger partial charge >= 0.3 is 6.09 Å². The number of amidine groups is 1. The normalized spacial score (nSPS) is 11.3. The summed E-state index contributed by atoms with van der Waals surface area (Å²) in [5.41, 5.74) is 10.8. The number of nitrogens with zero attached hydrogens (tertiary/aromatic N) is 1. The zero-order valence-electron chi connectivity index (χ0n) is 11.4. The van der Waals surface area contributed by atoms with Gasteiger partial charge in [0.25, 0.3) is 5.91 Å². The lowest BCUT2D eigenvalue weighted by atomic mass is 10.2. The molecule has 0 saturated heterocycles. The van der Waals surface area contributed by atoms with Crippen molar-refractivity contribution in [1.82, 2.24) is 0 Å². The lowest BCUT2D eigenvalue weighted by Crippen LogP contribution is -2.15. The number of nitrogens with two attached hydrogens (primary N) is 2. The molecule has 0 aliphatic heterocycles. The summed E-state index contributed by atoms with van der Waals surface area (Å²) in [7, 11) is 0. The van der Waals surface area contributed by atoms with Crippen LogP contribution in [0.1, 0.15) is 47.2 Å². The Morgan fingerprint density at radius 1 is 1.20 bits per heavy atom. The molecule has 4 N–H and O–H groups in total. The Bertz CT molecular complexity index is 497. The third-order valence-corrected chi connectivity index (χ3v) is 3.66. The van der Waals surface area contributed by atoms with E-state index in [1.807, 2.05) is 0 Å². The molecule has 0 bridgehead atoms. The number of primary amides is 1. The predicted molar refractivity (Wildman–Crippen MR) is 79.1 cm³/mol. The molecule has 20 heavy (non-hydrogen) atoms. The van der Waals surface area contributed by atoms with Crippen molar-refractivity contribution in [2.75, 3.05) is 6.61 Å². The van der Waals surface area contributed by atoms with E-state index in [0.717, 1.165) is 37.0 Å². The summed E-state index contributed by atoms with van der Waals surface area (Å²) in [6.07, 6.45) is 3.37. The van der Waals surface area contributed by atoms with Crippen molar-refractivity contribution >= 4 is 29.2 Å². The molecule has 6 nitrogen and oxygen atoms in total. The first-order chi connectivity index (χ1) is 9.54. The number of thiophene rings is 1. The Kier molecular flexibility index (Phi) is 6.72. The quantitative estimate of drug-likeness (QED) is 0.457. The summed E-state index contributed by atoms with van der Waals surface area (Å²) in [5, 5.41) is 0. The number of hydrogen-bond donors (Lipinski definition) is 2. The van der Waals surface area contributed by atoms with Crippen molar-refractivity contribution in [3.8, 4) is 0 Å². The van der Waals surface area contributed by atoms with Crippen LogP contribution in [-0.4, -0.2) is 24.4 Å². The highest BCUT2D eigenvalue weighted by atomic mass is 32.1. The molecule has 0 aromatic carbocycles. The number of amides is 2. The van der Waals surface area contributed by atoms with E-state index in [9.17, 15) is 9.59 Å². The van der Waals surface area contributed by atoms with Crippen molar-refractivity contribution < 1.29 is 14.3 Å². The first-order valence-electron chi connectivity index (χ1n) is 6.45. The fraction of sp³-hybridized carbons (Fsp3) is 0.462. The fourth-order valence-corrected chi connectivity index (χ4v) is 2.24. The molecule has 0 spiro atoms. The first-order valence-corrected chi connectivity index (χ1v) is 7.27. The van der Waals surface area contributed by atoms with Crippen LogP contribution in [0.5, 0.6) is 0 Å². The molecule has 0 fully saturated rings. The molecule has 0 atom stereocenters. The lowest BCUT2D eigenvalue weighted by molar-refractivity contribution is 0.100. The molecule has 2 amide bonds. The van der Waals surface area contributed by atoms with Crippen LogP contribution >= 0.6 is 11.3 Å². The standard InChI is InChI=1S/C13H19N3O3S/c1-2-3-4-5-8-19-13(18)16-11(14)9-6-7-10(20-9)12(15)17/h6-7H,2-5,8H2,1H3,(H2,15,17)(H2,14,16,18). The highest BCUT2D eigenvalue weighted by Gasteiger charge is 2.09. The lowest BCUT2D eigenvalue weighted by Gasteiger charge is -2.01. The van der Waals surface area contributed by atoms with Crippen LogP contribution in [0.25, 0.3) is 0 Å². The molecule has 0 aliphatic carbocycles. The van der Waals surface area contributed by atoms with E-state index in [0.29, 0.717) is 16.4 Å². The summed E-state index contributed by atoms with van der Waals surface area (Å²) in [6.45, 7) is 2.45. The fourth-order valence-electron chi connectivity index (χ4n) is 1.48. The van der Waals surface area contributed by atoms with Crippen molar-refractivity contribution in [3.63, 3.8) is 0 Å². The molecule has 1 aromatic rings. The van der Waals surface area contributed by atoms with Gasteiger partial charge in [0.05, 0.1) is 16.4 Å². The number of unbranched alkanes of at least 4 members (excludes halogenated alkanes) is 3.